The summed E-state index contributed by atoms with van der Waals surface area (Å²) in [6, 6.07) is 5.36. The van der Waals surface area contributed by atoms with Gasteiger partial charge in [-0.15, -0.1) is 0 Å². The van der Waals surface area contributed by atoms with Crippen LogP contribution < -0.4 is 21.8 Å². The number of nitrogens with zero attached hydrogens (tertiary/aromatic N) is 2. The van der Waals surface area contributed by atoms with E-state index < -0.39 is 24.0 Å². The Hall–Kier alpha value is -3.56. The molecule has 2 unspecified atom stereocenters. The van der Waals surface area contributed by atoms with Crippen LogP contribution in [0.25, 0.3) is 0 Å². The molecule has 0 aromatic carbocycles. The monoisotopic (exact) mass is 434 g/mol. The number of anilines is 2. The molecular formula is C21H30N4O6. The average molecular weight is 434 g/mol. The number of carbonyl (C=O) groups excluding carboxylic acids is 1. The Morgan fingerprint density at radius 1 is 0.871 bits per heavy atom. The zero-order chi connectivity index (χ0) is 23.9. The minimum atomic E-state index is -1.02. The molecule has 3 N–H and O–H groups in total. The first kappa shape index (κ1) is 25.5. The fourth-order valence-corrected chi connectivity index (χ4v) is 3.02. The third kappa shape index (κ3) is 5.74. The topological polar surface area (TPSA) is 132 Å². The van der Waals surface area contributed by atoms with Gasteiger partial charge in [-0.2, -0.15) is 0 Å². The van der Waals surface area contributed by atoms with Crippen molar-refractivity contribution >= 4 is 23.3 Å². The second-order valence-corrected chi connectivity index (χ2v) is 6.84. The van der Waals surface area contributed by atoms with Gasteiger partial charge >= 0.3 is 11.9 Å². The average Bonchev–Trinajstić information content (AvgIpc) is 2.73. The predicted molar refractivity (Wildman–Crippen MR) is 119 cm³/mol. The number of nitrogens with one attached hydrogen (secondary N) is 2. The largest absolute Gasteiger partial charge is 0.480 e. The van der Waals surface area contributed by atoms with Gasteiger partial charge in [0.15, 0.2) is 0 Å². The number of hydrogen-bond acceptors (Lipinski definition) is 7. The summed E-state index contributed by atoms with van der Waals surface area (Å²) in [5.74, 6) is -1.45. The maximum atomic E-state index is 12.0. The van der Waals surface area contributed by atoms with Crippen LogP contribution in [0.5, 0.6) is 0 Å². The van der Waals surface area contributed by atoms with Gasteiger partial charge in [-0.1, -0.05) is 0 Å². The van der Waals surface area contributed by atoms with Crippen molar-refractivity contribution in [2.75, 3.05) is 31.8 Å². The summed E-state index contributed by atoms with van der Waals surface area (Å²) in [7, 11) is 4.60. The number of hydrogen-bond donors (Lipinski definition) is 3. The fraction of sp³-hybridized carbons (Fsp3) is 0.429. The van der Waals surface area contributed by atoms with Crippen molar-refractivity contribution in [3.8, 4) is 0 Å². The van der Waals surface area contributed by atoms with Gasteiger partial charge in [0.2, 0.25) is 0 Å². The van der Waals surface area contributed by atoms with Crippen LogP contribution in [0.1, 0.15) is 37.3 Å². The van der Waals surface area contributed by atoms with E-state index >= 15 is 0 Å². The first-order valence-electron chi connectivity index (χ1n) is 9.62. The van der Waals surface area contributed by atoms with Gasteiger partial charge in [-0.3, -0.25) is 18.7 Å². The van der Waals surface area contributed by atoms with Gasteiger partial charge in [0, 0.05) is 25.5 Å². The van der Waals surface area contributed by atoms with Gasteiger partial charge in [0.1, 0.15) is 23.5 Å². The Bertz CT molecular complexity index is 1060. The quantitative estimate of drug-likeness (QED) is 0.586. The van der Waals surface area contributed by atoms with Gasteiger partial charge < -0.3 is 20.5 Å². The normalized spacial score (nSPS) is 12.1. The third-order valence-corrected chi connectivity index (χ3v) is 4.85. The second-order valence-electron chi connectivity index (χ2n) is 6.84. The smallest absolute Gasteiger partial charge is 0.328 e. The van der Waals surface area contributed by atoms with Crippen LogP contribution in [-0.4, -0.2) is 47.4 Å². The van der Waals surface area contributed by atoms with Gasteiger partial charge in [-0.05, 0) is 52.0 Å². The first-order valence-corrected chi connectivity index (χ1v) is 9.62. The van der Waals surface area contributed by atoms with Crippen LogP contribution in [0.3, 0.4) is 0 Å². The highest BCUT2D eigenvalue weighted by atomic mass is 16.5. The summed E-state index contributed by atoms with van der Waals surface area (Å²) >= 11 is 0. The summed E-state index contributed by atoms with van der Waals surface area (Å²) in [6.07, 6.45) is 0. The van der Waals surface area contributed by atoms with Crippen LogP contribution in [0.15, 0.2) is 33.9 Å². The lowest BCUT2D eigenvalue weighted by Crippen LogP contribution is -2.31. The van der Waals surface area contributed by atoms with E-state index in [9.17, 15) is 19.2 Å². The highest BCUT2D eigenvalue weighted by Crippen LogP contribution is 2.11. The highest BCUT2D eigenvalue weighted by molar-refractivity contribution is 5.74. The molecule has 0 spiro atoms. The minimum Gasteiger partial charge on any atom is -0.480 e. The lowest BCUT2D eigenvalue weighted by Gasteiger charge is -2.16. The number of carboxylic acids is 1. The van der Waals surface area contributed by atoms with Crippen molar-refractivity contribution in [2.24, 2.45) is 0 Å². The Labute approximate surface area is 180 Å². The van der Waals surface area contributed by atoms with Crippen LogP contribution in [-0.2, 0) is 14.3 Å². The van der Waals surface area contributed by atoms with Crippen LogP contribution in [0, 0.1) is 13.8 Å². The van der Waals surface area contributed by atoms with Crippen LogP contribution >= 0.6 is 0 Å². The maximum absolute atomic E-state index is 12.0. The molecule has 0 aliphatic rings. The number of esters is 1. The Balaban J connectivity index is 0.000000311. The molecule has 2 aromatic rings. The van der Waals surface area contributed by atoms with Crippen molar-refractivity contribution < 1.29 is 19.4 Å². The molecule has 0 radical (unpaired) electrons. The van der Waals surface area contributed by atoms with Gasteiger partial charge in [0.25, 0.3) is 11.1 Å². The lowest BCUT2D eigenvalue weighted by atomic mass is 10.2. The molecule has 0 amide bonds. The third-order valence-electron chi connectivity index (χ3n) is 4.85. The van der Waals surface area contributed by atoms with E-state index in [1.165, 1.54) is 23.2 Å². The van der Waals surface area contributed by atoms with Crippen molar-refractivity contribution in [3.05, 3.63) is 56.4 Å². The molecule has 0 saturated carbocycles. The molecule has 10 heteroatoms. The molecule has 0 bridgehead atoms. The maximum Gasteiger partial charge on any atom is 0.328 e. The van der Waals surface area contributed by atoms with Gasteiger partial charge in [0.05, 0.1) is 7.11 Å². The van der Waals surface area contributed by atoms with E-state index in [4.69, 9.17) is 5.11 Å². The fourth-order valence-electron chi connectivity index (χ4n) is 3.02. The number of ether oxygens (including phenoxy) is 1. The molecule has 2 aromatic heterocycles. The number of aromatic nitrogens is 2. The molecule has 170 valence electrons. The standard InChI is InChI=1S/C11H16N2O3.C10H14N2O3/c1-7-5-6-9(12-3)10(14)13(7)8(2)11(15)16-4;1-6-4-5-8(11-3)9(13)12(6)7(2)10(14)15/h5-6,8,12H,1-4H3;4-5,7,11H,1-3H3,(H,14,15). The van der Waals surface area contributed by atoms with Crippen LogP contribution in [0.2, 0.25) is 0 Å². The van der Waals surface area contributed by atoms with Crippen molar-refractivity contribution in [3.63, 3.8) is 0 Å². The Morgan fingerprint density at radius 3 is 1.58 bits per heavy atom. The summed E-state index contributed by atoms with van der Waals surface area (Å²) in [4.78, 5) is 46.0. The first-order chi connectivity index (χ1) is 14.5. The van der Waals surface area contributed by atoms with Crippen molar-refractivity contribution in [2.45, 2.75) is 39.8 Å². The molecule has 2 heterocycles. The Morgan fingerprint density at radius 2 is 1.26 bits per heavy atom. The summed E-state index contributed by atoms with van der Waals surface area (Å²) in [6.45, 7) is 6.61. The number of carboxylic acid groups (broad SMARTS) is 1. The molecule has 0 aliphatic heterocycles. The lowest BCUT2D eigenvalue weighted by molar-refractivity contribution is -0.144. The number of rotatable bonds is 6. The number of pyridine rings is 2. The number of carbonyl (C=O) groups is 2. The molecule has 31 heavy (non-hydrogen) atoms. The molecule has 10 nitrogen and oxygen atoms in total. The van der Waals surface area contributed by atoms with E-state index in [0.29, 0.717) is 17.1 Å². The molecule has 2 rings (SSSR count). The van der Waals surface area contributed by atoms with Crippen LogP contribution in [0.4, 0.5) is 11.4 Å². The van der Waals surface area contributed by atoms with E-state index in [1.54, 1.807) is 59.1 Å². The summed E-state index contributed by atoms with van der Waals surface area (Å²) < 4.78 is 7.30. The minimum absolute atomic E-state index is 0.222. The summed E-state index contributed by atoms with van der Waals surface area (Å²) in [5.41, 5.74) is 1.68. The van der Waals surface area contributed by atoms with Crippen molar-refractivity contribution in [1.82, 2.24) is 9.13 Å². The van der Waals surface area contributed by atoms with E-state index in [-0.39, 0.29) is 11.1 Å². The highest BCUT2D eigenvalue weighted by Gasteiger charge is 2.19. The van der Waals surface area contributed by atoms with Gasteiger partial charge in [-0.25, -0.2) is 9.59 Å². The summed E-state index contributed by atoms with van der Waals surface area (Å²) in [5, 5.41) is 14.4. The molecular weight excluding hydrogens is 404 g/mol. The van der Waals surface area contributed by atoms with E-state index in [0.717, 1.165) is 5.69 Å². The molecule has 0 aliphatic carbocycles. The number of aliphatic carboxylic acids is 1. The van der Waals surface area contributed by atoms with Crippen molar-refractivity contribution in [1.29, 1.82) is 0 Å². The molecule has 2 atom stereocenters. The Kier molecular flexibility index (Phi) is 9.04. The number of aryl methyl sites for hydroxylation is 2. The SMILES string of the molecule is CNc1ccc(C)n(C(C)C(=O)O)c1=O.CNc1ccc(C)n(C(C)C(=O)OC)c1=O. The number of methoxy groups -OCH3 is 1. The molecule has 0 saturated heterocycles. The van der Waals surface area contributed by atoms with E-state index in [2.05, 4.69) is 15.4 Å². The zero-order valence-corrected chi connectivity index (χ0v) is 18.8. The second kappa shape index (κ2) is 11.0. The van der Waals surface area contributed by atoms with E-state index in [1.807, 2.05) is 0 Å². The predicted octanol–water partition coefficient (Wildman–Crippen LogP) is 1.78. The molecule has 0 fully saturated rings. The zero-order valence-electron chi connectivity index (χ0n) is 18.8.